The first-order valence-corrected chi connectivity index (χ1v) is 7.77. The highest BCUT2D eigenvalue weighted by atomic mass is 16.5. The Hall–Kier alpha value is -1.06. The van der Waals surface area contributed by atoms with Crippen molar-refractivity contribution in [2.24, 2.45) is 0 Å². The first-order valence-electron chi connectivity index (χ1n) is 7.77. The maximum Gasteiger partial charge on any atom is 0.124 e. The molecule has 20 heavy (non-hydrogen) atoms. The molecular formula is C17H25NO2. The minimum Gasteiger partial charge on any atom is -0.487 e. The molecule has 1 saturated heterocycles. The Balaban J connectivity index is 1.68. The second kappa shape index (κ2) is 5.74. The van der Waals surface area contributed by atoms with Crippen LogP contribution in [0.5, 0.6) is 5.75 Å². The van der Waals surface area contributed by atoms with E-state index in [1.165, 1.54) is 24.8 Å². The molecule has 1 N–H and O–H groups in total. The van der Waals surface area contributed by atoms with Gasteiger partial charge in [0.15, 0.2) is 0 Å². The van der Waals surface area contributed by atoms with E-state index in [9.17, 15) is 0 Å². The maximum atomic E-state index is 6.07. The van der Waals surface area contributed by atoms with Crippen molar-refractivity contribution in [3.05, 3.63) is 29.8 Å². The van der Waals surface area contributed by atoms with Crippen LogP contribution in [-0.4, -0.2) is 24.9 Å². The molecule has 1 fully saturated rings. The Morgan fingerprint density at radius 2 is 2.10 bits per heavy atom. The van der Waals surface area contributed by atoms with Crippen molar-refractivity contribution in [2.75, 3.05) is 13.2 Å². The predicted octanol–water partition coefficient (Wildman–Crippen LogP) is 3.45. The normalized spacial score (nSPS) is 28.5. The predicted molar refractivity (Wildman–Crippen MR) is 80.1 cm³/mol. The summed E-state index contributed by atoms with van der Waals surface area (Å²) in [6.07, 6.45) is 5.06. The topological polar surface area (TPSA) is 30.5 Å². The highest BCUT2D eigenvalue weighted by molar-refractivity contribution is 5.38. The molecule has 3 heteroatoms. The largest absolute Gasteiger partial charge is 0.487 e. The Morgan fingerprint density at radius 3 is 2.90 bits per heavy atom. The van der Waals surface area contributed by atoms with Gasteiger partial charge in [0.1, 0.15) is 11.4 Å². The molecule has 1 aromatic carbocycles. The average molecular weight is 275 g/mol. The van der Waals surface area contributed by atoms with Gasteiger partial charge in [-0.2, -0.15) is 0 Å². The minimum absolute atomic E-state index is 0.112. The van der Waals surface area contributed by atoms with E-state index >= 15 is 0 Å². The second-order valence-corrected chi connectivity index (χ2v) is 6.55. The third-order valence-electron chi connectivity index (χ3n) is 4.24. The van der Waals surface area contributed by atoms with E-state index in [1.54, 1.807) is 0 Å². The number of fused-ring (bicyclic) bond motifs is 1. The molecule has 0 aromatic heterocycles. The molecule has 2 unspecified atom stereocenters. The molecule has 0 spiro atoms. The van der Waals surface area contributed by atoms with Crippen LogP contribution in [0.2, 0.25) is 0 Å². The minimum atomic E-state index is -0.112. The number of rotatable bonds is 3. The fourth-order valence-electron chi connectivity index (χ4n) is 3.23. The molecular weight excluding hydrogens is 250 g/mol. The van der Waals surface area contributed by atoms with E-state index in [0.29, 0.717) is 12.1 Å². The van der Waals surface area contributed by atoms with Crippen molar-refractivity contribution in [1.82, 2.24) is 5.32 Å². The Labute approximate surface area is 121 Å². The summed E-state index contributed by atoms with van der Waals surface area (Å²) in [6.45, 7) is 6.18. The van der Waals surface area contributed by atoms with Crippen molar-refractivity contribution in [3.63, 3.8) is 0 Å². The van der Waals surface area contributed by atoms with E-state index in [1.807, 2.05) is 6.07 Å². The Bertz CT molecular complexity index is 452. The molecule has 0 amide bonds. The van der Waals surface area contributed by atoms with Crippen molar-refractivity contribution in [1.29, 1.82) is 0 Å². The van der Waals surface area contributed by atoms with Crippen LogP contribution >= 0.6 is 0 Å². The van der Waals surface area contributed by atoms with Gasteiger partial charge in [-0.05, 0) is 39.2 Å². The van der Waals surface area contributed by atoms with Gasteiger partial charge in [-0.15, -0.1) is 0 Å². The number of nitrogens with one attached hydrogen (secondary N) is 1. The van der Waals surface area contributed by atoms with Crippen molar-refractivity contribution >= 4 is 0 Å². The zero-order chi connectivity index (χ0) is 14.0. The molecule has 110 valence electrons. The molecule has 2 aliphatic rings. The summed E-state index contributed by atoms with van der Waals surface area (Å²) < 4.78 is 11.9. The van der Waals surface area contributed by atoms with Crippen LogP contribution in [0.25, 0.3) is 0 Å². The van der Waals surface area contributed by atoms with E-state index in [0.717, 1.165) is 25.3 Å². The molecule has 1 aromatic rings. The zero-order valence-corrected chi connectivity index (χ0v) is 12.5. The van der Waals surface area contributed by atoms with Crippen LogP contribution in [0.4, 0.5) is 0 Å². The molecule has 3 nitrogen and oxygen atoms in total. The second-order valence-electron chi connectivity index (χ2n) is 6.55. The SMILES string of the molecule is CC1(C)CC(NCC2CCCCO2)c2ccccc2O1. The molecule has 3 rings (SSSR count). The number of hydrogen-bond donors (Lipinski definition) is 1. The van der Waals surface area contributed by atoms with Gasteiger partial charge in [0.2, 0.25) is 0 Å². The molecule has 2 atom stereocenters. The van der Waals surface area contributed by atoms with Crippen molar-refractivity contribution in [2.45, 2.75) is 57.3 Å². The van der Waals surface area contributed by atoms with Gasteiger partial charge in [-0.1, -0.05) is 18.2 Å². The molecule has 0 bridgehead atoms. The van der Waals surface area contributed by atoms with Crippen LogP contribution in [0.3, 0.4) is 0 Å². The number of benzene rings is 1. The molecule has 0 radical (unpaired) electrons. The first kappa shape index (κ1) is 13.9. The maximum absolute atomic E-state index is 6.07. The third kappa shape index (κ3) is 3.15. The summed E-state index contributed by atoms with van der Waals surface area (Å²) in [4.78, 5) is 0. The van der Waals surface area contributed by atoms with Crippen LogP contribution in [0, 0.1) is 0 Å². The lowest BCUT2D eigenvalue weighted by Crippen LogP contribution is -2.42. The van der Waals surface area contributed by atoms with Gasteiger partial charge >= 0.3 is 0 Å². The fraction of sp³-hybridized carbons (Fsp3) is 0.647. The zero-order valence-electron chi connectivity index (χ0n) is 12.5. The summed E-state index contributed by atoms with van der Waals surface area (Å²) in [5.74, 6) is 1.02. The fourth-order valence-corrected chi connectivity index (χ4v) is 3.23. The summed E-state index contributed by atoms with van der Waals surface area (Å²) in [7, 11) is 0. The number of hydrogen-bond acceptors (Lipinski definition) is 3. The van der Waals surface area contributed by atoms with Crippen LogP contribution < -0.4 is 10.1 Å². The average Bonchev–Trinajstić information content (AvgIpc) is 2.45. The number of ether oxygens (including phenoxy) is 2. The summed E-state index contributed by atoms with van der Waals surface area (Å²) >= 11 is 0. The van der Waals surface area contributed by atoms with E-state index in [2.05, 4.69) is 37.4 Å². The standard InChI is InChI=1S/C17H25NO2/c1-17(2)11-15(14-8-3-4-9-16(14)20-17)18-12-13-7-5-6-10-19-13/h3-4,8-9,13,15,18H,5-7,10-12H2,1-2H3. The van der Waals surface area contributed by atoms with Gasteiger partial charge in [-0.3, -0.25) is 0 Å². The molecule has 0 saturated carbocycles. The molecule has 2 aliphatic heterocycles. The van der Waals surface area contributed by atoms with Crippen LogP contribution in [-0.2, 0) is 4.74 Å². The lowest BCUT2D eigenvalue weighted by molar-refractivity contribution is 0.0103. The van der Waals surface area contributed by atoms with Gasteiger partial charge in [-0.25, -0.2) is 0 Å². The molecule has 2 heterocycles. The number of para-hydroxylation sites is 1. The Kier molecular flexibility index (Phi) is 3.99. The van der Waals surface area contributed by atoms with Crippen molar-refractivity contribution < 1.29 is 9.47 Å². The summed E-state index contributed by atoms with van der Waals surface area (Å²) in [5.41, 5.74) is 1.17. The lowest BCUT2D eigenvalue weighted by Gasteiger charge is -2.38. The molecule has 0 aliphatic carbocycles. The quantitative estimate of drug-likeness (QED) is 0.916. The highest BCUT2D eigenvalue weighted by Gasteiger charge is 2.33. The van der Waals surface area contributed by atoms with Crippen molar-refractivity contribution in [3.8, 4) is 5.75 Å². The first-order chi connectivity index (χ1) is 9.64. The van der Waals surface area contributed by atoms with Gasteiger partial charge in [0.05, 0.1) is 6.10 Å². The van der Waals surface area contributed by atoms with Gasteiger partial charge in [0.25, 0.3) is 0 Å². The Morgan fingerprint density at radius 1 is 1.25 bits per heavy atom. The van der Waals surface area contributed by atoms with E-state index < -0.39 is 0 Å². The van der Waals surface area contributed by atoms with Crippen LogP contribution in [0.15, 0.2) is 24.3 Å². The third-order valence-corrected chi connectivity index (χ3v) is 4.24. The smallest absolute Gasteiger partial charge is 0.124 e. The van der Waals surface area contributed by atoms with Gasteiger partial charge < -0.3 is 14.8 Å². The lowest BCUT2D eigenvalue weighted by atomic mass is 9.89. The van der Waals surface area contributed by atoms with E-state index in [-0.39, 0.29) is 5.60 Å². The highest BCUT2D eigenvalue weighted by Crippen LogP contribution is 2.39. The summed E-state index contributed by atoms with van der Waals surface area (Å²) in [6, 6.07) is 8.74. The monoisotopic (exact) mass is 275 g/mol. The van der Waals surface area contributed by atoms with Crippen LogP contribution in [0.1, 0.15) is 51.1 Å². The van der Waals surface area contributed by atoms with Gasteiger partial charge in [0, 0.05) is 31.2 Å². The summed E-state index contributed by atoms with van der Waals surface area (Å²) in [5, 5.41) is 3.70. The van der Waals surface area contributed by atoms with E-state index in [4.69, 9.17) is 9.47 Å².